The molecular formula is C30H16ClN7Na4O13S3. The van der Waals surface area contributed by atoms with Crippen LogP contribution in [0.15, 0.2) is 96.5 Å². The Morgan fingerprint density at radius 3 is 2.14 bits per heavy atom. The molecule has 28 heteroatoms. The Hall–Kier alpha value is -2.08. The maximum absolute atomic E-state index is 14.0. The van der Waals surface area contributed by atoms with Gasteiger partial charge in [-0.25, -0.2) is 26.8 Å². The first-order valence-corrected chi connectivity index (χ1v) is 19.0. The smallest absolute Gasteiger partial charge is 0.872 e. The van der Waals surface area contributed by atoms with Crippen LogP contribution in [0, 0.1) is 0 Å². The molecule has 0 bridgehead atoms. The number of Topliss-reactive ketones (excluding diaryl/α,β-unsaturated/α-hetero) is 1. The van der Waals surface area contributed by atoms with Crippen molar-refractivity contribution < 1.29 is 177 Å². The minimum atomic E-state index is -5.61. The molecule has 1 aromatic heterocycles. The van der Waals surface area contributed by atoms with Crippen LogP contribution in [0.3, 0.4) is 0 Å². The topological polar surface area (TPSA) is 343 Å². The van der Waals surface area contributed by atoms with Crippen molar-refractivity contribution in [3.8, 4) is 5.75 Å². The fourth-order valence-corrected chi connectivity index (χ4v) is 7.36. The second-order valence-corrected chi connectivity index (χ2v) is 15.3. The van der Waals surface area contributed by atoms with Crippen LogP contribution in [-0.2, 0) is 30.4 Å². The van der Waals surface area contributed by atoms with Crippen LogP contribution >= 0.6 is 11.6 Å². The molecule has 1 aliphatic rings. The van der Waals surface area contributed by atoms with Crippen molar-refractivity contribution in [3.63, 3.8) is 0 Å². The molecule has 0 aliphatic heterocycles. The first-order chi connectivity index (χ1) is 25.2. The van der Waals surface area contributed by atoms with Crippen molar-refractivity contribution in [2.75, 3.05) is 5.43 Å². The number of benzene rings is 4. The van der Waals surface area contributed by atoms with Gasteiger partial charge in [0.2, 0.25) is 22.3 Å². The fourth-order valence-electron chi connectivity index (χ4n) is 5.16. The maximum atomic E-state index is 14.0. The number of aromatic carboxylic acids is 1. The molecular weight excluding hydrogens is 890 g/mol. The third-order valence-corrected chi connectivity index (χ3v) is 10.2. The normalized spacial score (nSPS) is 14.0. The number of H-pyrrole nitrogens is 2. The van der Waals surface area contributed by atoms with Crippen LogP contribution in [0.25, 0.3) is 16.8 Å². The average molecular weight is 906 g/mol. The molecule has 0 radical (unpaired) electrons. The number of fused-ring (bicyclic) bond motifs is 2. The van der Waals surface area contributed by atoms with E-state index in [0.717, 1.165) is 24.3 Å². The Morgan fingerprint density at radius 1 is 0.862 bits per heavy atom. The van der Waals surface area contributed by atoms with Gasteiger partial charge in [0.25, 0.3) is 10.1 Å². The number of halogens is 1. The first kappa shape index (κ1) is 52.1. The predicted molar refractivity (Wildman–Crippen MR) is 180 cm³/mol. The van der Waals surface area contributed by atoms with Crippen LogP contribution < -0.4 is 145 Å². The molecule has 0 unspecified atom stereocenters. The third kappa shape index (κ3) is 11.6. The molecule has 0 saturated heterocycles. The molecule has 278 valence electrons. The number of hydrogen-bond acceptors (Lipinski definition) is 17. The number of rotatable bonds is 8. The summed E-state index contributed by atoms with van der Waals surface area (Å²) in [5.41, 5.74) is -2.85. The Morgan fingerprint density at radius 2 is 1.53 bits per heavy atom. The van der Waals surface area contributed by atoms with Crippen molar-refractivity contribution in [1.29, 1.82) is 0 Å². The summed E-state index contributed by atoms with van der Waals surface area (Å²) in [7, 11) is -16.0. The predicted octanol–water partition coefficient (Wildman–Crippen LogP) is -11.8. The van der Waals surface area contributed by atoms with Crippen molar-refractivity contribution in [2.24, 2.45) is 15.1 Å². The Kier molecular flexibility index (Phi) is 18.1. The van der Waals surface area contributed by atoms with Crippen LogP contribution in [0.2, 0.25) is 5.28 Å². The van der Waals surface area contributed by atoms with Gasteiger partial charge < -0.3 is 29.1 Å². The van der Waals surface area contributed by atoms with Gasteiger partial charge in [0, 0.05) is 5.39 Å². The van der Waals surface area contributed by atoms with Crippen molar-refractivity contribution >= 4 is 93.3 Å². The van der Waals surface area contributed by atoms with Crippen molar-refractivity contribution in [2.45, 2.75) is 9.79 Å². The molecule has 5 aromatic rings. The Balaban J connectivity index is 0.00000290. The van der Waals surface area contributed by atoms with E-state index in [2.05, 4.69) is 35.5 Å². The summed E-state index contributed by atoms with van der Waals surface area (Å²) in [5.74, 6) is -4.08. The summed E-state index contributed by atoms with van der Waals surface area (Å²) in [6, 6.07) is 12.6. The van der Waals surface area contributed by atoms with Gasteiger partial charge >= 0.3 is 118 Å². The first-order valence-electron chi connectivity index (χ1n) is 14.4. The van der Waals surface area contributed by atoms with Crippen molar-refractivity contribution in [3.05, 3.63) is 105 Å². The molecule has 1 aliphatic carbocycles. The van der Waals surface area contributed by atoms with Gasteiger partial charge in [0.15, 0.2) is 0 Å². The van der Waals surface area contributed by atoms with E-state index in [1.807, 2.05) is 0 Å². The summed E-state index contributed by atoms with van der Waals surface area (Å²) in [6.07, 6.45) is 0.544. The van der Waals surface area contributed by atoms with Gasteiger partial charge in [-0.05, 0) is 64.5 Å². The van der Waals surface area contributed by atoms with Crippen LogP contribution in [0.5, 0.6) is 5.75 Å². The summed E-state index contributed by atoms with van der Waals surface area (Å²) in [5, 5.41) is 26.8. The zero-order chi connectivity index (χ0) is 39.3. The fraction of sp³-hybridized carbons (Fsp3) is 0. The number of nitrogens with zero attached hydrogens (tertiary/aromatic N) is 4. The quantitative estimate of drug-likeness (QED) is 0.0638. The van der Waals surface area contributed by atoms with E-state index < -0.39 is 107 Å². The number of ketones is 1. The molecule has 0 amide bonds. The molecule has 0 spiro atoms. The number of carboxylic acid groups (broad SMARTS) is 1. The number of carbonyl (C=O) groups excluding carboxylic acids is 2. The van der Waals surface area contributed by atoms with Crippen LogP contribution in [-0.4, -0.2) is 71.3 Å². The summed E-state index contributed by atoms with van der Waals surface area (Å²) in [4.78, 5) is 38.9. The van der Waals surface area contributed by atoms with E-state index in [0.29, 0.717) is 23.6 Å². The SMILES string of the molecule is O=C([O-])c1ccc(N=c2nc(Cl)[nH]c(=Nc3cc(S(=O)(=O)[O-])cc4c3C(=O)/C(=N/Nc3ccc5ccccc5c3S(=O)(=O)O)C(S(=O)(=O)[O-])=C4)[nH]2)cc1[O-].[Na+].[Na+].[Na+].[Na+]. The molecule has 6 rings (SSSR count). The van der Waals surface area contributed by atoms with Gasteiger partial charge in [-0.15, -0.1) is 0 Å². The molecule has 58 heavy (non-hydrogen) atoms. The largest absolute Gasteiger partial charge is 1.00 e. The summed E-state index contributed by atoms with van der Waals surface area (Å²) >= 11 is 6.06. The molecule has 1 heterocycles. The number of carboxylic acids is 1. The molecule has 4 N–H and O–H groups in total. The number of anilines is 1. The van der Waals surface area contributed by atoms with Gasteiger partial charge in [-0.3, -0.25) is 19.8 Å². The number of aromatic amines is 2. The van der Waals surface area contributed by atoms with Gasteiger partial charge in [0.1, 0.15) is 30.8 Å². The van der Waals surface area contributed by atoms with Crippen molar-refractivity contribution in [1.82, 2.24) is 15.0 Å². The number of nitrogens with one attached hydrogen (secondary N) is 3. The number of carbonyl (C=O) groups is 2. The van der Waals surface area contributed by atoms with E-state index >= 15 is 0 Å². The molecule has 0 fully saturated rings. The zero-order valence-electron chi connectivity index (χ0n) is 30.2. The van der Waals surface area contributed by atoms with E-state index in [4.69, 9.17) is 11.6 Å². The Labute approximate surface area is 420 Å². The number of allylic oxidation sites excluding steroid dienone is 1. The van der Waals surface area contributed by atoms with Gasteiger partial charge in [-0.2, -0.15) is 18.5 Å². The average Bonchev–Trinajstić information content (AvgIpc) is 3.05. The molecule has 20 nitrogen and oxygen atoms in total. The molecule has 0 atom stereocenters. The number of hydrazone groups is 1. The summed E-state index contributed by atoms with van der Waals surface area (Å²) in [6.45, 7) is 0. The second-order valence-electron chi connectivity index (χ2n) is 10.9. The van der Waals surface area contributed by atoms with E-state index in [1.54, 1.807) is 6.07 Å². The monoisotopic (exact) mass is 905 g/mol. The minimum Gasteiger partial charge on any atom is -0.872 e. The zero-order valence-corrected chi connectivity index (χ0v) is 41.4. The molecule has 4 aromatic carbocycles. The molecule has 0 saturated carbocycles. The van der Waals surface area contributed by atoms with Gasteiger partial charge in [0.05, 0.1) is 38.4 Å². The van der Waals surface area contributed by atoms with E-state index in [-0.39, 0.29) is 135 Å². The van der Waals surface area contributed by atoms with Gasteiger partial charge in [-0.1, -0.05) is 42.1 Å². The second kappa shape index (κ2) is 20.2. The third-order valence-electron chi connectivity index (χ3n) is 7.38. The maximum Gasteiger partial charge on any atom is 1.00 e. The van der Waals surface area contributed by atoms with E-state index in [1.165, 1.54) is 24.3 Å². The van der Waals surface area contributed by atoms with Crippen LogP contribution in [0.1, 0.15) is 26.3 Å². The Bertz CT molecular complexity index is 3050. The minimum absolute atomic E-state index is 0. The van der Waals surface area contributed by atoms with E-state index in [9.17, 15) is 58.7 Å². The summed E-state index contributed by atoms with van der Waals surface area (Å²) < 4.78 is 108. The number of aromatic nitrogens is 3. The van der Waals surface area contributed by atoms with Crippen LogP contribution in [0.4, 0.5) is 17.1 Å². The standard InChI is InChI=1S/C30H20ClN7O13S3.4Na/c31-28-34-29(32-15-6-7-18(27(41)42)21(39)11-15)36-30(35-28)33-20-12-16(52(43,44)45)9-14-10-22(53(46,47)48)24(25(40)23(14)20)38-37-19-8-5-13-3-1-2-4-17(13)26(19)54(49,50)51;;;;/h1-12,37,39H,(H,41,42)(H,43,44,45)(H,46,47,48)(H,49,50,51)(H2,32,33,34,35,36);;;;/q;4*+1/p-4/b38-24+;;;;. The number of hydrogen-bond donors (Lipinski definition) is 4.